The van der Waals surface area contributed by atoms with Crippen molar-refractivity contribution in [3.63, 3.8) is 0 Å². The van der Waals surface area contributed by atoms with Crippen molar-refractivity contribution in [2.45, 2.75) is 39.0 Å². The van der Waals surface area contributed by atoms with E-state index in [0.717, 1.165) is 49.5 Å². The zero-order valence-electron chi connectivity index (χ0n) is 16.7. The molecule has 1 aliphatic heterocycles. The molecule has 1 nitrogen and oxygen atoms in total. The Balaban J connectivity index is 1.46. The maximum atomic E-state index is 12.3. The van der Waals surface area contributed by atoms with E-state index in [2.05, 4.69) is 54.3 Å². The van der Waals surface area contributed by atoms with Crippen molar-refractivity contribution in [2.24, 2.45) is 5.92 Å². The number of hydrogen-bond donors (Lipinski definition) is 0. The smallest absolute Gasteiger partial charge is 0.0906 e. The molecule has 2 aromatic carbocycles. The van der Waals surface area contributed by atoms with Crippen LogP contribution in [0, 0.1) is 12.8 Å². The third kappa shape index (κ3) is 4.34. The maximum absolute atomic E-state index is 12.3. The summed E-state index contributed by atoms with van der Waals surface area (Å²) in [5.41, 5.74) is 7.88. The first-order chi connectivity index (χ1) is 13.6. The number of allylic oxidation sites excluding steroid dienone is 1. The highest BCUT2D eigenvalue weighted by atomic mass is 35.5. The van der Waals surface area contributed by atoms with Crippen LogP contribution in [0.2, 0.25) is 5.02 Å². The molecule has 0 amide bonds. The van der Waals surface area contributed by atoms with Gasteiger partial charge in [0.2, 0.25) is 0 Å². The molecule has 0 bridgehead atoms. The van der Waals surface area contributed by atoms with Crippen molar-refractivity contribution in [3.8, 4) is 0 Å². The first-order valence-electron chi connectivity index (χ1n) is 10.5. The van der Waals surface area contributed by atoms with Crippen molar-refractivity contribution in [3.05, 3.63) is 75.3 Å². The van der Waals surface area contributed by atoms with Crippen molar-refractivity contribution in [1.82, 2.24) is 4.90 Å². The fraction of sp³-hybridized carbons (Fsp3) is 0.440. The van der Waals surface area contributed by atoms with Gasteiger partial charge >= 0.3 is 0 Å². The topological polar surface area (TPSA) is 3.24 Å². The SMILES string of the molecule is Cc1cc2c(cc1Cl)C(c1ccc(CC3CN(CCCF)C3)cc1)=CCCC2. The molecule has 1 heterocycles. The fourth-order valence-corrected chi connectivity index (χ4v) is 4.71. The largest absolute Gasteiger partial charge is 0.303 e. The zero-order chi connectivity index (χ0) is 19.5. The van der Waals surface area contributed by atoms with Gasteiger partial charge < -0.3 is 4.90 Å². The Morgan fingerprint density at radius 3 is 2.68 bits per heavy atom. The molecule has 2 aromatic rings. The molecule has 4 rings (SSSR count). The van der Waals surface area contributed by atoms with Crippen LogP contribution < -0.4 is 0 Å². The van der Waals surface area contributed by atoms with E-state index >= 15 is 0 Å². The number of halogens is 2. The number of hydrogen-bond acceptors (Lipinski definition) is 1. The van der Waals surface area contributed by atoms with Crippen LogP contribution in [0.25, 0.3) is 5.57 Å². The molecule has 0 spiro atoms. The van der Waals surface area contributed by atoms with E-state index in [1.807, 2.05) is 0 Å². The molecule has 28 heavy (non-hydrogen) atoms. The number of alkyl halides is 1. The fourth-order valence-electron chi connectivity index (χ4n) is 4.55. The number of rotatable bonds is 6. The van der Waals surface area contributed by atoms with Crippen LogP contribution >= 0.6 is 11.6 Å². The highest BCUT2D eigenvalue weighted by molar-refractivity contribution is 6.31. The summed E-state index contributed by atoms with van der Waals surface area (Å²) in [6.45, 7) is 5.01. The highest BCUT2D eigenvalue weighted by Gasteiger charge is 2.26. The summed E-state index contributed by atoms with van der Waals surface area (Å²) in [7, 11) is 0. The van der Waals surface area contributed by atoms with E-state index in [-0.39, 0.29) is 6.67 Å². The van der Waals surface area contributed by atoms with Gasteiger partial charge in [0.1, 0.15) is 0 Å². The number of aryl methyl sites for hydroxylation is 2. The van der Waals surface area contributed by atoms with E-state index in [1.54, 1.807) is 0 Å². The summed E-state index contributed by atoms with van der Waals surface area (Å²) in [6, 6.07) is 13.5. The monoisotopic (exact) mass is 397 g/mol. The van der Waals surface area contributed by atoms with Crippen LogP contribution in [0.4, 0.5) is 4.39 Å². The quantitative estimate of drug-likeness (QED) is 0.556. The second kappa shape index (κ2) is 8.80. The van der Waals surface area contributed by atoms with Crippen molar-refractivity contribution >= 4 is 17.2 Å². The lowest BCUT2D eigenvalue weighted by Gasteiger charge is -2.39. The molecule has 0 N–H and O–H groups in total. The Hall–Kier alpha value is -1.64. The molecular formula is C25H29ClFN. The van der Waals surface area contributed by atoms with Crippen molar-refractivity contribution in [1.29, 1.82) is 0 Å². The summed E-state index contributed by atoms with van der Waals surface area (Å²) in [5.74, 6) is 0.713. The van der Waals surface area contributed by atoms with Crippen LogP contribution in [0.5, 0.6) is 0 Å². The third-order valence-corrected chi connectivity index (χ3v) is 6.51. The van der Waals surface area contributed by atoms with E-state index in [9.17, 15) is 4.39 Å². The van der Waals surface area contributed by atoms with E-state index in [1.165, 1.54) is 34.2 Å². The second-order valence-corrected chi connectivity index (χ2v) is 8.74. The van der Waals surface area contributed by atoms with Gasteiger partial charge in [-0.1, -0.05) is 48.0 Å². The van der Waals surface area contributed by atoms with E-state index in [0.29, 0.717) is 12.3 Å². The lowest BCUT2D eigenvalue weighted by Crippen LogP contribution is -2.47. The lowest BCUT2D eigenvalue weighted by molar-refractivity contribution is 0.0968. The first-order valence-corrected chi connectivity index (χ1v) is 10.9. The van der Waals surface area contributed by atoms with Crippen LogP contribution in [-0.2, 0) is 12.8 Å². The predicted molar refractivity (Wildman–Crippen MR) is 117 cm³/mol. The molecule has 1 fully saturated rings. The molecule has 2 aliphatic rings. The van der Waals surface area contributed by atoms with Gasteiger partial charge in [-0.05, 0) is 84.4 Å². The van der Waals surface area contributed by atoms with Crippen LogP contribution in [0.15, 0.2) is 42.5 Å². The summed E-state index contributed by atoms with van der Waals surface area (Å²) >= 11 is 6.45. The average molecular weight is 398 g/mol. The highest BCUT2D eigenvalue weighted by Crippen LogP contribution is 2.34. The van der Waals surface area contributed by atoms with Gasteiger partial charge in [-0.25, -0.2) is 0 Å². The van der Waals surface area contributed by atoms with Crippen LogP contribution in [0.3, 0.4) is 0 Å². The molecule has 0 atom stereocenters. The Morgan fingerprint density at radius 2 is 1.93 bits per heavy atom. The van der Waals surface area contributed by atoms with Gasteiger partial charge in [-0.2, -0.15) is 0 Å². The Labute approximate surface area is 173 Å². The number of nitrogens with zero attached hydrogens (tertiary/aromatic N) is 1. The second-order valence-electron chi connectivity index (χ2n) is 8.34. The molecule has 3 heteroatoms. The molecular weight excluding hydrogens is 369 g/mol. The van der Waals surface area contributed by atoms with E-state index in [4.69, 9.17) is 11.6 Å². The zero-order valence-corrected chi connectivity index (χ0v) is 17.4. The van der Waals surface area contributed by atoms with Gasteiger partial charge in [0, 0.05) is 24.7 Å². The molecule has 0 saturated carbocycles. The minimum absolute atomic E-state index is 0.202. The maximum Gasteiger partial charge on any atom is 0.0906 e. The standard InChI is InChI=1S/C25H29ClFN/c1-18-13-22-5-2-3-6-23(24(22)15-25(18)26)21-9-7-19(8-10-21)14-20-16-28(17-20)12-4-11-27/h6-10,13,15,20H,2-5,11-12,14,16-17H2,1H3. The van der Waals surface area contributed by atoms with Gasteiger partial charge in [0.25, 0.3) is 0 Å². The summed E-state index contributed by atoms with van der Waals surface area (Å²) in [5, 5.41) is 0.852. The van der Waals surface area contributed by atoms with Crippen molar-refractivity contribution < 1.29 is 4.39 Å². The molecule has 1 aliphatic carbocycles. The first kappa shape index (κ1) is 19.7. The Kier molecular flexibility index (Phi) is 6.18. The van der Waals surface area contributed by atoms with Gasteiger partial charge in [-0.15, -0.1) is 0 Å². The minimum Gasteiger partial charge on any atom is -0.303 e. The molecule has 148 valence electrons. The van der Waals surface area contributed by atoms with Crippen LogP contribution in [0.1, 0.15) is 47.1 Å². The van der Waals surface area contributed by atoms with Crippen molar-refractivity contribution in [2.75, 3.05) is 26.3 Å². The Morgan fingerprint density at radius 1 is 1.14 bits per heavy atom. The van der Waals surface area contributed by atoms with Gasteiger partial charge in [-0.3, -0.25) is 4.39 Å². The molecule has 0 radical (unpaired) electrons. The number of benzene rings is 2. The van der Waals surface area contributed by atoms with Crippen LogP contribution in [-0.4, -0.2) is 31.2 Å². The average Bonchev–Trinajstić information content (AvgIpc) is 2.87. The van der Waals surface area contributed by atoms with E-state index < -0.39 is 0 Å². The normalized spacial score (nSPS) is 17.6. The summed E-state index contributed by atoms with van der Waals surface area (Å²) in [4.78, 5) is 2.36. The predicted octanol–water partition coefficient (Wildman–Crippen LogP) is 6.25. The van der Waals surface area contributed by atoms with Gasteiger partial charge in [0.15, 0.2) is 0 Å². The summed E-state index contributed by atoms with van der Waals surface area (Å²) in [6.07, 6.45) is 7.58. The van der Waals surface area contributed by atoms with Gasteiger partial charge in [0.05, 0.1) is 6.67 Å². The molecule has 1 saturated heterocycles. The summed E-state index contributed by atoms with van der Waals surface area (Å²) < 4.78 is 12.3. The Bertz CT molecular complexity index is 850. The number of likely N-dealkylation sites (tertiary alicyclic amines) is 1. The number of fused-ring (bicyclic) bond motifs is 1. The molecule has 0 unspecified atom stereocenters. The third-order valence-electron chi connectivity index (χ3n) is 6.10. The minimum atomic E-state index is -0.202. The molecule has 0 aromatic heterocycles. The lowest BCUT2D eigenvalue weighted by atomic mass is 9.89.